The zero-order valence-corrected chi connectivity index (χ0v) is 16.6. The number of ether oxygens (including phenoxy) is 2. The van der Waals surface area contributed by atoms with E-state index >= 15 is 0 Å². The van der Waals surface area contributed by atoms with Crippen LogP contribution in [0.15, 0.2) is 42.5 Å². The molecule has 0 aromatic heterocycles. The highest BCUT2D eigenvalue weighted by molar-refractivity contribution is 5.86. The van der Waals surface area contributed by atoms with Crippen molar-refractivity contribution in [3.8, 4) is 5.75 Å². The van der Waals surface area contributed by atoms with Gasteiger partial charge in [-0.15, -0.1) is 0 Å². The molecule has 0 heterocycles. The standard InChI is InChI=1S/C20H19F3N2O6/c1-30-17-7-6-15(25(28)29)10-13(17)11-16(19(27)31-2)24-18(26)9-12-4-3-5-14(8-12)20(21,22)23/h3-8,10,16H,9,11H2,1-2H3,(H,24,26)/t16-/m0/s1. The van der Waals surface area contributed by atoms with Crippen molar-refractivity contribution in [1.82, 2.24) is 5.32 Å². The summed E-state index contributed by atoms with van der Waals surface area (Å²) in [5.74, 6) is -1.29. The number of carbonyl (C=O) groups excluding carboxylic acids is 2. The number of rotatable bonds is 8. The average Bonchev–Trinajstić information content (AvgIpc) is 2.72. The summed E-state index contributed by atoms with van der Waals surface area (Å²) >= 11 is 0. The monoisotopic (exact) mass is 440 g/mol. The minimum absolute atomic E-state index is 0.101. The van der Waals surface area contributed by atoms with Crippen molar-refractivity contribution < 1.29 is 37.2 Å². The van der Waals surface area contributed by atoms with E-state index in [1.165, 1.54) is 37.4 Å². The summed E-state index contributed by atoms with van der Waals surface area (Å²) in [6.45, 7) is 0. The quantitative estimate of drug-likeness (QED) is 0.384. The number of hydrogen-bond acceptors (Lipinski definition) is 6. The Kier molecular flexibility index (Phi) is 7.56. The number of esters is 1. The first-order valence-electron chi connectivity index (χ1n) is 8.89. The summed E-state index contributed by atoms with van der Waals surface area (Å²) in [5, 5.41) is 13.4. The van der Waals surface area contributed by atoms with Crippen LogP contribution in [0.5, 0.6) is 5.75 Å². The molecule has 1 atom stereocenters. The highest BCUT2D eigenvalue weighted by atomic mass is 19.4. The molecule has 0 aliphatic heterocycles. The van der Waals surface area contributed by atoms with Crippen LogP contribution in [0, 0.1) is 10.1 Å². The first-order chi connectivity index (χ1) is 14.5. The van der Waals surface area contributed by atoms with Crippen LogP contribution < -0.4 is 10.1 Å². The van der Waals surface area contributed by atoms with E-state index in [-0.39, 0.29) is 29.0 Å². The summed E-state index contributed by atoms with van der Waals surface area (Å²) in [6.07, 6.45) is -5.16. The lowest BCUT2D eigenvalue weighted by molar-refractivity contribution is -0.384. The van der Waals surface area contributed by atoms with Crippen LogP contribution in [0.25, 0.3) is 0 Å². The molecule has 11 heteroatoms. The Morgan fingerprint density at radius 2 is 1.87 bits per heavy atom. The molecule has 0 saturated heterocycles. The fraction of sp³-hybridized carbons (Fsp3) is 0.300. The van der Waals surface area contributed by atoms with Crippen molar-refractivity contribution in [2.75, 3.05) is 14.2 Å². The highest BCUT2D eigenvalue weighted by Crippen LogP contribution is 2.29. The predicted octanol–water partition coefficient (Wildman–Crippen LogP) is 3.07. The van der Waals surface area contributed by atoms with E-state index < -0.39 is 41.0 Å². The van der Waals surface area contributed by atoms with Crippen LogP contribution in [0.3, 0.4) is 0 Å². The first kappa shape index (κ1) is 23.6. The predicted molar refractivity (Wildman–Crippen MR) is 102 cm³/mol. The molecule has 2 aromatic carbocycles. The number of halogens is 3. The van der Waals surface area contributed by atoms with Crippen molar-refractivity contribution in [2.24, 2.45) is 0 Å². The van der Waals surface area contributed by atoms with Crippen LogP contribution in [0.2, 0.25) is 0 Å². The maximum absolute atomic E-state index is 12.8. The largest absolute Gasteiger partial charge is 0.496 e. The van der Waals surface area contributed by atoms with E-state index in [1.807, 2.05) is 0 Å². The number of nitro benzene ring substituents is 1. The van der Waals surface area contributed by atoms with Crippen LogP contribution in [0.4, 0.5) is 18.9 Å². The molecule has 1 amide bonds. The maximum atomic E-state index is 12.8. The van der Waals surface area contributed by atoms with Gasteiger partial charge in [0.15, 0.2) is 0 Å². The molecule has 2 rings (SSSR count). The Morgan fingerprint density at radius 3 is 2.45 bits per heavy atom. The van der Waals surface area contributed by atoms with Gasteiger partial charge in [0.2, 0.25) is 5.91 Å². The summed E-state index contributed by atoms with van der Waals surface area (Å²) in [7, 11) is 2.43. The number of benzene rings is 2. The lowest BCUT2D eigenvalue weighted by Gasteiger charge is -2.18. The third-order valence-corrected chi connectivity index (χ3v) is 4.34. The summed E-state index contributed by atoms with van der Waals surface area (Å²) in [5.41, 5.74) is -0.770. The van der Waals surface area contributed by atoms with Gasteiger partial charge < -0.3 is 14.8 Å². The second-order valence-electron chi connectivity index (χ2n) is 6.48. The molecule has 0 aliphatic rings. The maximum Gasteiger partial charge on any atom is 0.416 e. The molecule has 0 saturated carbocycles. The van der Waals surface area contributed by atoms with Crippen LogP contribution in [-0.2, 0) is 33.3 Å². The lowest BCUT2D eigenvalue weighted by Crippen LogP contribution is -2.43. The Labute approximate surface area is 175 Å². The Hall–Kier alpha value is -3.63. The molecule has 0 bridgehead atoms. The number of non-ortho nitro benzene ring substituents is 1. The second-order valence-corrected chi connectivity index (χ2v) is 6.48. The highest BCUT2D eigenvalue weighted by Gasteiger charge is 2.31. The van der Waals surface area contributed by atoms with E-state index in [4.69, 9.17) is 4.74 Å². The molecule has 0 radical (unpaired) electrons. The van der Waals surface area contributed by atoms with Crippen molar-refractivity contribution >= 4 is 17.6 Å². The van der Waals surface area contributed by atoms with Crippen LogP contribution >= 0.6 is 0 Å². The van der Waals surface area contributed by atoms with Crippen LogP contribution in [-0.4, -0.2) is 37.1 Å². The van der Waals surface area contributed by atoms with Crippen LogP contribution in [0.1, 0.15) is 16.7 Å². The molecular formula is C20H19F3N2O6. The third-order valence-electron chi connectivity index (χ3n) is 4.34. The van der Waals surface area contributed by atoms with Crippen molar-refractivity contribution in [1.29, 1.82) is 0 Å². The topological polar surface area (TPSA) is 108 Å². The minimum atomic E-state index is -4.56. The smallest absolute Gasteiger partial charge is 0.416 e. The fourth-order valence-electron chi connectivity index (χ4n) is 2.88. The number of nitro groups is 1. The zero-order chi connectivity index (χ0) is 23.2. The van der Waals surface area contributed by atoms with Gasteiger partial charge in [0.25, 0.3) is 5.69 Å². The second kappa shape index (κ2) is 9.92. The van der Waals surface area contributed by atoms with Gasteiger partial charge in [-0.05, 0) is 17.7 Å². The van der Waals surface area contributed by atoms with E-state index in [2.05, 4.69) is 10.1 Å². The summed E-state index contributed by atoms with van der Waals surface area (Å²) in [6, 6.07) is 6.80. The van der Waals surface area contributed by atoms with Gasteiger partial charge in [-0.1, -0.05) is 18.2 Å². The van der Waals surface area contributed by atoms with Gasteiger partial charge in [-0.25, -0.2) is 4.79 Å². The average molecular weight is 440 g/mol. The molecule has 166 valence electrons. The Balaban J connectivity index is 2.21. The van der Waals surface area contributed by atoms with Crippen molar-refractivity contribution in [3.63, 3.8) is 0 Å². The van der Waals surface area contributed by atoms with E-state index in [0.717, 1.165) is 19.2 Å². The summed E-state index contributed by atoms with van der Waals surface area (Å²) < 4.78 is 48.4. The van der Waals surface area contributed by atoms with Gasteiger partial charge in [-0.3, -0.25) is 14.9 Å². The number of nitrogens with zero attached hydrogens (tertiary/aromatic N) is 1. The van der Waals surface area contributed by atoms with Gasteiger partial charge in [0, 0.05) is 24.1 Å². The molecule has 0 aliphatic carbocycles. The number of carbonyl (C=O) groups is 2. The SMILES string of the molecule is COC(=O)[C@H](Cc1cc([N+](=O)[O-])ccc1OC)NC(=O)Cc1cccc(C(F)(F)F)c1. The zero-order valence-electron chi connectivity index (χ0n) is 16.6. The number of hydrogen-bond donors (Lipinski definition) is 1. The molecular weight excluding hydrogens is 421 g/mol. The van der Waals surface area contributed by atoms with Gasteiger partial charge in [0.05, 0.1) is 31.1 Å². The van der Waals surface area contributed by atoms with Crippen molar-refractivity contribution in [2.45, 2.75) is 25.1 Å². The molecule has 1 N–H and O–H groups in total. The van der Waals surface area contributed by atoms with Gasteiger partial charge in [0.1, 0.15) is 11.8 Å². The number of amides is 1. The first-order valence-corrected chi connectivity index (χ1v) is 8.89. The normalized spacial score (nSPS) is 12.0. The molecule has 0 unspecified atom stereocenters. The molecule has 0 fully saturated rings. The van der Waals surface area contributed by atoms with E-state index in [1.54, 1.807) is 0 Å². The van der Waals surface area contributed by atoms with Crippen molar-refractivity contribution in [3.05, 3.63) is 69.3 Å². The molecule has 2 aromatic rings. The Morgan fingerprint density at radius 1 is 1.16 bits per heavy atom. The van der Waals surface area contributed by atoms with E-state index in [9.17, 15) is 32.9 Å². The third kappa shape index (κ3) is 6.43. The minimum Gasteiger partial charge on any atom is -0.496 e. The Bertz CT molecular complexity index is 978. The number of alkyl halides is 3. The lowest BCUT2D eigenvalue weighted by atomic mass is 10.0. The van der Waals surface area contributed by atoms with Gasteiger partial charge in [-0.2, -0.15) is 13.2 Å². The molecule has 8 nitrogen and oxygen atoms in total. The number of nitrogens with one attached hydrogen (secondary N) is 1. The fourth-order valence-corrected chi connectivity index (χ4v) is 2.88. The number of methoxy groups -OCH3 is 2. The van der Waals surface area contributed by atoms with Gasteiger partial charge >= 0.3 is 12.1 Å². The molecule has 31 heavy (non-hydrogen) atoms. The molecule has 0 spiro atoms. The summed E-state index contributed by atoms with van der Waals surface area (Å²) in [4.78, 5) is 34.9. The van der Waals surface area contributed by atoms with E-state index in [0.29, 0.717) is 0 Å².